The maximum absolute atomic E-state index is 8.79. The van der Waals surface area contributed by atoms with Crippen LogP contribution in [0.25, 0.3) is 0 Å². The molecule has 0 atom stereocenters. The number of anilines is 1. The summed E-state index contributed by atoms with van der Waals surface area (Å²) in [5.41, 5.74) is 0.645. The number of benzene rings is 1. The number of halogens is 1. The molecule has 6 heteroatoms. The summed E-state index contributed by atoms with van der Waals surface area (Å²) in [4.78, 5) is 12.8. The van der Waals surface area contributed by atoms with Crippen LogP contribution in [0.4, 0.5) is 5.95 Å². The SMILES string of the molecule is N#Cc1ccc(Sc2cnc(N3CCCC3)nc2Cl)cc1. The fraction of sp³-hybridized carbons (Fsp3) is 0.267. The molecule has 2 aromatic rings. The fourth-order valence-corrected chi connectivity index (χ4v) is 3.21. The lowest BCUT2D eigenvalue weighted by Crippen LogP contribution is -2.20. The first kappa shape index (κ1) is 14.2. The van der Waals surface area contributed by atoms with Crippen LogP contribution in [0, 0.1) is 11.3 Å². The summed E-state index contributed by atoms with van der Waals surface area (Å²) in [5.74, 6) is 0.710. The normalized spacial score (nSPS) is 14.2. The lowest BCUT2D eigenvalue weighted by atomic mass is 10.2. The van der Waals surface area contributed by atoms with E-state index in [1.165, 1.54) is 24.6 Å². The van der Waals surface area contributed by atoms with Gasteiger partial charge in [-0.1, -0.05) is 23.4 Å². The van der Waals surface area contributed by atoms with Crippen molar-refractivity contribution in [1.82, 2.24) is 9.97 Å². The quantitative estimate of drug-likeness (QED) is 0.807. The van der Waals surface area contributed by atoms with Crippen LogP contribution >= 0.6 is 23.4 Å². The molecule has 1 saturated heterocycles. The van der Waals surface area contributed by atoms with Crippen molar-refractivity contribution in [3.63, 3.8) is 0 Å². The molecule has 1 aliphatic heterocycles. The van der Waals surface area contributed by atoms with Gasteiger partial charge in [-0.25, -0.2) is 4.98 Å². The van der Waals surface area contributed by atoms with Gasteiger partial charge in [-0.05, 0) is 37.1 Å². The van der Waals surface area contributed by atoms with E-state index >= 15 is 0 Å². The molecule has 1 aliphatic rings. The Morgan fingerprint density at radius 1 is 1.19 bits per heavy atom. The standard InChI is InChI=1S/C15H13ClN4S/c16-14-13(21-12-5-3-11(9-17)4-6-12)10-18-15(19-14)20-7-1-2-8-20/h3-6,10H,1-2,7-8H2. The lowest BCUT2D eigenvalue weighted by molar-refractivity contribution is 0.888. The molecule has 1 aromatic carbocycles. The molecule has 0 radical (unpaired) electrons. The molecule has 1 aromatic heterocycles. The highest BCUT2D eigenvalue weighted by Crippen LogP contribution is 2.33. The van der Waals surface area contributed by atoms with Crippen molar-refractivity contribution in [1.29, 1.82) is 5.26 Å². The maximum Gasteiger partial charge on any atom is 0.226 e. The Hall–Kier alpha value is -1.77. The summed E-state index contributed by atoms with van der Waals surface area (Å²) in [6.45, 7) is 2.00. The van der Waals surface area contributed by atoms with Crippen LogP contribution in [-0.2, 0) is 0 Å². The molecule has 3 rings (SSSR count). The van der Waals surface area contributed by atoms with E-state index in [0.717, 1.165) is 22.9 Å². The average molecular weight is 317 g/mol. The van der Waals surface area contributed by atoms with Gasteiger partial charge in [-0.3, -0.25) is 0 Å². The van der Waals surface area contributed by atoms with E-state index in [2.05, 4.69) is 20.9 Å². The topological polar surface area (TPSA) is 52.8 Å². The molecule has 0 N–H and O–H groups in total. The third kappa shape index (κ3) is 3.29. The Bertz CT molecular complexity index is 675. The number of hydrogen-bond acceptors (Lipinski definition) is 5. The molecule has 0 unspecified atom stereocenters. The second kappa shape index (κ2) is 6.33. The van der Waals surface area contributed by atoms with E-state index in [0.29, 0.717) is 16.7 Å². The zero-order valence-corrected chi connectivity index (χ0v) is 12.9. The fourth-order valence-electron chi connectivity index (χ4n) is 2.20. The van der Waals surface area contributed by atoms with Crippen LogP contribution in [0.1, 0.15) is 18.4 Å². The molecule has 2 heterocycles. The van der Waals surface area contributed by atoms with Crippen LogP contribution in [0.5, 0.6) is 0 Å². The molecule has 4 nitrogen and oxygen atoms in total. The predicted octanol–water partition coefficient (Wildman–Crippen LogP) is 3.75. The highest BCUT2D eigenvalue weighted by atomic mass is 35.5. The van der Waals surface area contributed by atoms with Gasteiger partial charge in [-0.15, -0.1) is 0 Å². The third-order valence-electron chi connectivity index (χ3n) is 3.30. The first-order chi connectivity index (χ1) is 10.3. The highest BCUT2D eigenvalue weighted by molar-refractivity contribution is 7.99. The average Bonchev–Trinajstić information content (AvgIpc) is 3.04. The van der Waals surface area contributed by atoms with Crippen LogP contribution in [0.15, 0.2) is 40.3 Å². The minimum atomic E-state index is 0.473. The number of nitriles is 1. The molecule has 0 spiro atoms. The Morgan fingerprint density at radius 2 is 1.90 bits per heavy atom. The second-order valence-corrected chi connectivity index (χ2v) is 6.23. The summed E-state index contributed by atoms with van der Waals surface area (Å²) in [6.07, 6.45) is 4.14. The molecular weight excluding hydrogens is 304 g/mol. The largest absolute Gasteiger partial charge is 0.341 e. The van der Waals surface area contributed by atoms with E-state index in [9.17, 15) is 0 Å². The Morgan fingerprint density at radius 3 is 2.52 bits per heavy atom. The summed E-state index contributed by atoms with van der Waals surface area (Å²) in [6, 6.07) is 9.47. The Kier molecular flexibility index (Phi) is 4.28. The summed E-state index contributed by atoms with van der Waals surface area (Å²) >= 11 is 7.77. The summed E-state index contributed by atoms with van der Waals surface area (Å²) in [5, 5.41) is 9.27. The van der Waals surface area contributed by atoms with Crippen LogP contribution < -0.4 is 4.90 Å². The van der Waals surface area contributed by atoms with Gasteiger partial charge in [0.25, 0.3) is 0 Å². The monoisotopic (exact) mass is 316 g/mol. The van der Waals surface area contributed by atoms with Crippen molar-refractivity contribution in [3.8, 4) is 6.07 Å². The highest BCUT2D eigenvalue weighted by Gasteiger charge is 2.16. The first-order valence-corrected chi connectivity index (χ1v) is 7.91. The second-order valence-electron chi connectivity index (χ2n) is 4.76. The number of hydrogen-bond donors (Lipinski definition) is 0. The van der Waals surface area contributed by atoms with Crippen molar-refractivity contribution >= 4 is 29.3 Å². The number of aromatic nitrogens is 2. The zero-order valence-electron chi connectivity index (χ0n) is 11.3. The van der Waals surface area contributed by atoms with Gasteiger partial charge in [0, 0.05) is 24.2 Å². The third-order valence-corrected chi connectivity index (χ3v) is 4.73. The van der Waals surface area contributed by atoms with Crippen molar-refractivity contribution < 1.29 is 0 Å². The minimum absolute atomic E-state index is 0.473. The van der Waals surface area contributed by atoms with Crippen molar-refractivity contribution in [2.75, 3.05) is 18.0 Å². The van der Waals surface area contributed by atoms with Gasteiger partial charge in [0.1, 0.15) is 5.15 Å². The van der Waals surface area contributed by atoms with Crippen LogP contribution in [0.3, 0.4) is 0 Å². The van der Waals surface area contributed by atoms with E-state index in [4.69, 9.17) is 16.9 Å². The number of rotatable bonds is 3. The summed E-state index contributed by atoms with van der Waals surface area (Å²) < 4.78 is 0. The van der Waals surface area contributed by atoms with Gasteiger partial charge >= 0.3 is 0 Å². The Labute approximate surface area is 132 Å². The van der Waals surface area contributed by atoms with E-state index in [1.807, 2.05) is 12.1 Å². The molecule has 0 bridgehead atoms. The van der Waals surface area contributed by atoms with Crippen LogP contribution in [0.2, 0.25) is 5.15 Å². The van der Waals surface area contributed by atoms with Crippen molar-refractivity contribution in [3.05, 3.63) is 41.2 Å². The smallest absolute Gasteiger partial charge is 0.226 e. The minimum Gasteiger partial charge on any atom is -0.341 e. The summed E-state index contributed by atoms with van der Waals surface area (Å²) in [7, 11) is 0. The molecule has 21 heavy (non-hydrogen) atoms. The van der Waals surface area contributed by atoms with Crippen molar-refractivity contribution in [2.24, 2.45) is 0 Å². The van der Waals surface area contributed by atoms with Crippen molar-refractivity contribution in [2.45, 2.75) is 22.6 Å². The molecule has 0 amide bonds. The predicted molar refractivity (Wildman–Crippen MR) is 83.8 cm³/mol. The molecule has 0 saturated carbocycles. The first-order valence-electron chi connectivity index (χ1n) is 6.72. The molecule has 1 fully saturated rings. The molecule has 106 valence electrons. The van der Waals surface area contributed by atoms with Gasteiger partial charge in [0.05, 0.1) is 16.5 Å². The Balaban J connectivity index is 1.77. The van der Waals surface area contributed by atoms with E-state index in [-0.39, 0.29) is 0 Å². The molecular formula is C15H13ClN4S. The zero-order chi connectivity index (χ0) is 14.7. The lowest BCUT2D eigenvalue weighted by Gasteiger charge is -2.15. The van der Waals surface area contributed by atoms with Gasteiger partial charge in [-0.2, -0.15) is 10.2 Å². The van der Waals surface area contributed by atoms with Gasteiger partial charge < -0.3 is 4.90 Å². The van der Waals surface area contributed by atoms with Crippen LogP contribution in [-0.4, -0.2) is 23.1 Å². The van der Waals surface area contributed by atoms with E-state index < -0.39 is 0 Å². The molecule has 0 aliphatic carbocycles. The number of nitrogens with zero attached hydrogens (tertiary/aromatic N) is 4. The van der Waals surface area contributed by atoms with Gasteiger partial charge in [0.2, 0.25) is 5.95 Å². The van der Waals surface area contributed by atoms with E-state index in [1.54, 1.807) is 18.3 Å². The maximum atomic E-state index is 8.79. The van der Waals surface area contributed by atoms with Gasteiger partial charge in [0.15, 0.2) is 0 Å².